The number of ether oxygens (including phenoxy) is 1. The zero-order chi connectivity index (χ0) is 32.8. The summed E-state index contributed by atoms with van der Waals surface area (Å²) < 4.78 is 56.7. The normalized spacial score (nSPS) is 15.3. The first-order valence-electron chi connectivity index (χ1n) is 14.9. The van der Waals surface area contributed by atoms with Gasteiger partial charge in [-0.2, -0.15) is 4.99 Å². The number of amidine groups is 1. The van der Waals surface area contributed by atoms with E-state index in [-0.39, 0.29) is 23.4 Å². The van der Waals surface area contributed by atoms with Crippen molar-refractivity contribution in [2.24, 2.45) is 4.99 Å². The molecule has 13 heteroatoms. The number of hydrogen-bond acceptors (Lipinski definition) is 5. The van der Waals surface area contributed by atoms with Crippen LogP contribution in [0.25, 0.3) is 17.1 Å². The smallest absolute Gasteiger partial charge is 0.406 e. The minimum atomic E-state index is -4.76. The second-order valence-corrected chi connectivity index (χ2v) is 12.1. The molecule has 8 nitrogen and oxygen atoms in total. The van der Waals surface area contributed by atoms with E-state index in [1.54, 1.807) is 12.1 Å². The summed E-state index contributed by atoms with van der Waals surface area (Å²) in [7, 11) is 0. The highest BCUT2D eigenvalue weighted by atomic mass is 32.2. The van der Waals surface area contributed by atoms with E-state index in [0.29, 0.717) is 29.8 Å². The van der Waals surface area contributed by atoms with Crippen LogP contribution in [0.15, 0.2) is 78.0 Å². The van der Waals surface area contributed by atoms with E-state index in [2.05, 4.69) is 25.1 Å². The molecule has 46 heavy (non-hydrogen) atoms. The van der Waals surface area contributed by atoms with Crippen LogP contribution >= 0.6 is 11.8 Å². The van der Waals surface area contributed by atoms with Gasteiger partial charge in [0.25, 0.3) is 0 Å². The molecule has 1 aromatic heterocycles. The molecule has 242 valence electrons. The standard InChI is InChI=1S/C33H34F4N6O2S/c1-4-22(19-38-31(44)40-32-42(16-5-17-46-32)29-15-10-25(34)18-28(29)21(2)3)23-6-8-24(9-7-23)30-39-20-43(41-30)26-11-13-27(14-12-26)45-33(35,36)37/h6-15,18,20-22H,4-5,16-17,19H2,1-3H3,(H,38,44). The van der Waals surface area contributed by atoms with E-state index in [1.807, 2.05) is 49.9 Å². The molecule has 0 bridgehead atoms. The quantitative estimate of drug-likeness (QED) is 0.183. The predicted octanol–water partition coefficient (Wildman–Crippen LogP) is 8.30. The number of hydrogen-bond donors (Lipinski definition) is 1. The molecule has 1 N–H and O–H groups in total. The maximum absolute atomic E-state index is 14.0. The van der Waals surface area contributed by atoms with Gasteiger partial charge in [0.15, 0.2) is 11.0 Å². The molecule has 2 heterocycles. The molecule has 1 aliphatic rings. The van der Waals surface area contributed by atoms with Crippen LogP contribution in [0.5, 0.6) is 5.75 Å². The second kappa shape index (κ2) is 14.4. The zero-order valence-corrected chi connectivity index (χ0v) is 26.4. The first-order valence-corrected chi connectivity index (χ1v) is 15.9. The van der Waals surface area contributed by atoms with Crippen molar-refractivity contribution in [1.82, 2.24) is 20.1 Å². The van der Waals surface area contributed by atoms with E-state index >= 15 is 0 Å². The van der Waals surface area contributed by atoms with Gasteiger partial charge in [0.1, 0.15) is 17.9 Å². The van der Waals surface area contributed by atoms with Crippen LogP contribution in [0.3, 0.4) is 0 Å². The van der Waals surface area contributed by atoms with Crippen molar-refractivity contribution in [3.05, 3.63) is 90.0 Å². The summed E-state index contributed by atoms with van der Waals surface area (Å²) in [5.74, 6) is 0.850. The summed E-state index contributed by atoms with van der Waals surface area (Å²) in [6.07, 6.45) is -1.56. The fourth-order valence-electron chi connectivity index (χ4n) is 5.17. The highest BCUT2D eigenvalue weighted by Gasteiger charge is 2.31. The van der Waals surface area contributed by atoms with Crippen LogP contribution in [0.1, 0.15) is 56.6 Å². The molecule has 0 spiro atoms. The van der Waals surface area contributed by atoms with Crippen LogP contribution in [0.2, 0.25) is 0 Å². The summed E-state index contributed by atoms with van der Waals surface area (Å²) in [4.78, 5) is 23.7. The lowest BCUT2D eigenvalue weighted by atomic mass is 9.95. The van der Waals surface area contributed by atoms with Crippen molar-refractivity contribution < 1.29 is 27.1 Å². The Labute approximate surface area is 268 Å². The van der Waals surface area contributed by atoms with Gasteiger partial charge in [0.05, 0.1) is 5.69 Å². The minimum Gasteiger partial charge on any atom is -0.406 e. The van der Waals surface area contributed by atoms with Gasteiger partial charge in [-0.05, 0) is 72.4 Å². The summed E-state index contributed by atoms with van der Waals surface area (Å²) in [6.45, 7) is 7.17. The third-order valence-corrected chi connectivity index (χ3v) is 8.61. The first-order chi connectivity index (χ1) is 22.0. The van der Waals surface area contributed by atoms with Crippen molar-refractivity contribution in [1.29, 1.82) is 0 Å². The number of carbonyl (C=O) groups excluding carboxylic acids is 1. The third kappa shape index (κ3) is 8.25. The first kappa shape index (κ1) is 33.0. The topological polar surface area (TPSA) is 84.6 Å². The lowest BCUT2D eigenvalue weighted by molar-refractivity contribution is -0.274. The Morgan fingerprint density at radius 3 is 2.50 bits per heavy atom. The minimum absolute atomic E-state index is 0.0425. The van der Waals surface area contributed by atoms with Crippen molar-refractivity contribution >= 4 is 28.6 Å². The number of benzene rings is 3. The van der Waals surface area contributed by atoms with Gasteiger partial charge in [-0.1, -0.05) is 56.8 Å². The van der Waals surface area contributed by atoms with Crippen molar-refractivity contribution in [3.63, 3.8) is 0 Å². The number of anilines is 1. The zero-order valence-electron chi connectivity index (χ0n) is 25.6. The lowest BCUT2D eigenvalue weighted by Gasteiger charge is -2.32. The number of urea groups is 1. The highest BCUT2D eigenvalue weighted by Crippen LogP contribution is 2.33. The number of aliphatic imine (C=N–C) groups is 1. The average molecular weight is 655 g/mol. The number of carbonyl (C=O) groups is 1. The SMILES string of the molecule is CCC(CNC(=O)N=C1SCCCN1c1ccc(F)cc1C(C)C)c1ccc(-c2ncn(-c3ccc(OC(F)(F)F)cc3)n2)cc1. The van der Waals surface area contributed by atoms with Crippen LogP contribution in [0, 0.1) is 5.82 Å². The summed E-state index contributed by atoms with van der Waals surface area (Å²) >= 11 is 1.52. The molecule has 0 saturated carbocycles. The Hall–Kier alpha value is -4.39. The molecule has 0 aliphatic carbocycles. The van der Waals surface area contributed by atoms with E-state index < -0.39 is 12.4 Å². The van der Waals surface area contributed by atoms with Gasteiger partial charge in [-0.25, -0.2) is 18.9 Å². The second-order valence-electron chi connectivity index (χ2n) is 11.1. The largest absolute Gasteiger partial charge is 0.573 e. The molecule has 1 atom stereocenters. The van der Waals surface area contributed by atoms with Gasteiger partial charge >= 0.3 is 12.4 Å². The molecular formula is C33H34F4N6O2S. The highest BCUT2D eigenvalue weighted by molar-refractivity contribution is 8.14. The molecule has 1 aliphatic heterocycles. The molecular weight excluding hydrogens is 620 g/mol. The van der Waals surface area contributed by atoms with Gasteiger partial charge in [0.2, 0.25) is 0 Å². The molecule has 3 aromatic carbocycles. The Balaban J connectivity index is 1.22. The number of alkyl halides is 3. The number of halogens is 4. The maximum atomic E-state index is 14.0. The fourth-order valence-corrected chi connectivity index (χ4v) is 6.12. The number of thioether (sulfide) groups is 1. The van der Waals surface area contributed by atoms with E-state index in [0.717, 1.165) is 41.0 Å². The molecule has 1 fully saturated rings. The molecule has 1 unspecified atom stereocenters. The van der Waals surface area contributed by atoms with Crippen molar-refractivity contribution in [2.45, 2.75) is 51.8 Å². The van der Waals surface area contributed by atoms with Gasteiger partial charge < -0.3 is 15.0 Å². The predicted molar refractivity (Wildman–Crippen MR) is 172 cm³/mol. The Morgan fingerprint density at radius 2 is 1.83 bits per heavy atom. The van der Waals surface area contributed by atoms with Crippen molar-refractivity contribution in [2.75, 3.05) is 23.7 Å². The Kier molecular flexibility index (Phi) is 10.3. The number of rotatable bonds is 9. The lowest BCUT2D eigenvalue weighted by Crippen LogP contribution is -2.37. The number of aromatic nitrogens is 3. The van der Waals surface area contributed by atoms with Crippen LogP contribution in [-0.4, -0.2) is 51.2 Å². The fraction of sp³-hybridized carbons (Fsp3) is 0.333. The number of amides is 2. The summed E-state index contributed by atoms with van der Waals surface area (Å²) in [5, 5.41) is 8.02. The molecule has 2 amide bonds. The van der Waals surface area contributed by atoms with Gasteiger partial charge in [-0.15, -0.1) is 18.3 Å². The maximum Gasteiger partial charge on any atom is 0.573 e. The Bertz CT molecular complexity index is 1670. The monoisotopic (exact) mass is 654 g/mol. The third-order valence-electron chi connectivity index (χ3n) is 7.55. The molecule has 4 aromatic rings. The molecule has 1 saturated heterocycles. The van der Waals surface area contributed by atoms with E-state index in [4.69, 9.17) is 0 Å². The average Bonchev–Trinajstić information content (AvgIpc) is 3.52. The van der Waals surface area contributed by atoms with E-state index in [1.165, 1.54) is 53.1 Å². The van der Waals surface area contributed by atoms with Crippen LogP contribution in [0.4, 0.5) is 28.0 Å². The number of nitrogens with one attached hydrogen (secondary N) is 1. The van der Waals surface area contributed by atoms with E-state index in [9.17, 15) is 22.4 Å². The van der Waals surface area contributed by atoms with Crippen LogP contribution in [-0.2, 0) is 0 Å². The summed E-state index contributed by atoms with van der Waals surface area (Å²) in [5.41, 5.74) is 4.07. The molecule has 5 rings (SSSR count). The van der Waals surface area contributed by atoms with Gasteiger partial charge in [-0.3, -0.25) is 0 Å². The van der Waals surface area contributed by atoms with Gasteiger partial charge in [0, 0.05) is 36.0 Å². The molecule has 0 radical (unpaired) electrons. The van der Waals surface area contributed by atoms with Crippen molar-refractivity contribution in [3.8, 4) is 22.8 Å². The Morgan fingerprint density at radius 1 is 1.09 bits per heavy atom. The van der Waals surface area contributed by atoms with Crippen LogP contribution < -0.4 is 15.0 Å². The summed E-state index contributed by atoms with van der Waals surface area (Å²) in [6, 6.07) is 17.4. The number of nitrogens with zero attached hydrogens (tertiary/aromatic N) is 5.